The van der Waals surface area contributed by atoms with E-state index in [1.54, 1.807) is 0 Å². The van der Waals surface area contributed by atoms with Crippen LogP contribution >= 0.6 is 0 Å². The Balaban J connectivity index is 1.71. The maximum absolute atomic E-state index is 12.8. The molecule has 2 fully saturated rings. The summed E-state index contributed by atoms with van der Waals surface area (Å²) in [5.41, 5.74) is 5.21. The summed E-state index contributed by atoms with van der Waals surface area (Å²) in [7, 11) is -7.38. The molecule has 2 aliphatic heterocycles. The van der Waals surface area contributed by atoms with Crippen LogP contribution in [-0.4, -0.2) is 70.7 Å². The molecule has 156 valence electrons. The van der Waals surface area contributed by atoms with Gasteiger partial charge in [0.05, 0.1) is 23.0 Å². The van der Waals surface area contributed by atoms with Crippen molar-refractivity contribution in [3.63, 3.8) is 0 Å². The van der Waals surface area contributed by atoms with Gasteiger partial charge in [-0.3, -0.25) is 4.79 Å². The normalized spacial score (nSPS) is 20.9. The van der Waals surface area contributed by atoms with Crippen molar-refractivity contribution in [2.75, 3.05) is 39.4 Å². The number of nitrogens with zero attached hydrogens (tertiary/aromatic N) is 2. The van der Waals surface area contributed by atoms with E-state index < -0.39 is 20.0 Å². The Morgan fingerprint density at radius 3 is 1.75 bits per heavy atom. The second-order valence-corrected chi connectivity index (χ2v) is 10.9. The molecule has 2 heterocycles. The Hall–Kier alpha value is -1.53. The lowest BCUT2D eigenvalue weighted by atomic mass is 9.94. The number of amides is 1. The third kappa shape index (κ3) is 4.54. The van der Waals surface area contributed by atoms with E-state index in [2.05, 4.69) is 0 Å². The molecule has 0 radical (unpaired) electrons. The predicted octanol–water partition coefficient (Wildman–Crippen LogP) is -0.0164. The highest BCUT2D eigenvalue weighted by Crippen LogP contribution is 2.26. The zero-order chi connectivity index (χ0) is 20.4. The molecule has 0 aromatic heterocycles. The fourth-order valence-corrected chi connectivity index (χ4v) is 6.38. The zero-order valence-corrected chi connectivity index (χ0v) is 17.1. The molecule has 3 rings (SSSR count). The number of nitrogens with two attached hydrogens (primary N) is 1. The number of ether oxygens (including phenoxy) is 1. The van der Waals surface area contributed by atoms with Gasteiger partial charge in [0.1, 0.15) is 0 Å². The fourth-order valence-electron chi connectivity index (χ4n) is 3.51. The van der Waals surface area contributed by atoms with Crippen molar-refractivity contribution < 1.29 is 26.4 Å². The fraction of sp³-hybridized carbons (Fsp3) is 0.588. The Morgan fingerprint density at radius 2 is 1.32 bits per heavy atom. The number of carbonyl (C=O) groups is 1. The van der Waals surface area contributed by atoms with Gasteiger partial charge in [-0.05, 0) is 43.0 Å². The lowest BCUT2D eigenvalue weighted by Crippen LogP contribution is -2.40. The summed E-state index contributed by atoms with van der Waals surface area (Å²) in [6, 6.07) is 5.32. The van der Waals surface area contributed by atoms with Gasteiger partial charge in [-0.15, -0.1) is 0 Å². The molecule has 0 saturated carbocycles. The van der Waals surface area contributed by atoms with E-state index in [-0.39, 0.29) is 41.1 Å². The van der Waals surface area contributed by atoms with Crippen molar-refractivity contribution in [2.24, 2.45) is 11.7 Å². The predicted molar refractivity (Wildman–Crippen MR) is 101 cm³/mol. The molecule has 11 heteroatoms. The molecule has 1 amide bonds. The van der Waals surface area contributed by atoms with E-state index in [0.717, 1.165) is 0 Å². The van der Waals surface area contributed by atoms with Gasteiger partial charge in [-0.2, -0.15) is 8.61 Å². The van der Waals surface area contributed by atoms with Crippen molar-refractivity contribution >= 4 is 26.0 Å². The van der Waals surface area contributed by atoms with Crippen molar-refractivity contribution in [3.05, 3.63) is 24.3 Å². The van der Waals surface area contributed by atoms with Crippen LogP contribution in [0.1, 0.15) is 19.3 Å². The molecule has 0 spiro atoms. The zero-order valence-electron chi connectivity index (χ0n) is 15.5. The summed E-state index contributed by atoms with van der Waals surface area (Å²) in [5.74, 6) is -0.275. The summed E-state index contributed by atoms with van der Waals surface area (Å²) in [6.45, 7) is 1.88. The molecular weight excluding hydrogens is 406 g/mol. The third-order valence-corrected chi connectivity index (χ3v) is 8.96. The minimum Gasteiger partial charge on any atom is -0.379 e. The van der Waals surface area contributed by atoms with E-state index in [1.165, 1.54) is 32.9 Å². The Bertz CT molecular complexity index is 901. The van der Waals surface area contributed by atoms with Crippen molar-refractivity contribution in [2.45, 2.75) is 29.1 Å². The van der Waals surface area contributed by atoms with Crippen LogP contribution in [0.5, 0.6) is 0 Å². The molecular formula is C17H25N3O6S2. The number of piperidine rings is 1. The van der Waals surface area contributed by atoms with Crippen LogP contribution < -0.4 is 5.73 Å². The topological polar surface area (TPSA) is 127 Å². The third-order valence-electron chi connectivity index (χ3n) is 5.13. The Morgan fingerprint density at radius 1 is 0.893 bits per heavy atom. The average Bonchev–Trinajstić information content (AvgIpc) is 2.69. The highest BCUT2D eigenvalue weighted by molar-refractivity contribution is 7.89. The first-order valence-corrected chi connectivity index (χ1v) is 12.1. The van der Waals surface area contributed by atoms with Gasteiger partial charge in [-0.1, -0.05) is 0 Å². The van der Waals surface area contributed by atoms with Gasteiger partial charge >= 0.3 is 0 Å². The summed E-state index contributed by atoms with van der Waals surface area (Å²) in [6.07, 6.45) is 1.42. The van der Waals surface area contributed by atoms with Crippen LogP contribution in [-0.2, 0) is 29.6 Å². The summed E-state index contributed by atoms with van der Waals surface area (Å²) < 4.78 is 58.8. The lowest BCUT2D eigenvalue weighted by Gasteiger charge is -2.30. The van der Waals surface area contributed by atoms with Gasteiger partial charge in [0.2, 0.25) is 26.0 Å². The van der Waals surface area contributed by atoms with Crippen LogP contribution in [0.2, 0.25) is 0 Å². The SMILES string of the molecule is NC(=O)CC1CCN(S(=O)(=O)c2ccc(S(=O)(=O)N3CCOCC3)cc2)CC1. The minimum atomic E-state index is -3.71. The Labute approximate surface area is 165 Å². The van der Waals surface area contributed by atoms with Crippen LogP contribution in [0.15, 0.2) is 34.1 Å². The number of carbonyl (C=O) groups excluding carboxylic acids is 1. The average molecular weight is 432 g/mol. The van der Waals surface area contributed by atoms with E-state index >= 15 is 0 Å². The summed E-state index contributed by atoms with van der Waals surface area (Å²) in [5, 5.41) is 0. The molecule has 0 unspecified atom stereocenters. The van der Waals surface area contributed by atoms with E-state index in [0.29, 0.717) is 39.1 Å². The number of primary amides is 1. The molecule has 1 aromatic carbocycles. The van der Waals surface area contributed by atoms with Gasteiger partial charge in [0.15, 0.2) is 0 Å². The first-order chi connectivity index (χ1) is 13.2. The molecule has 9 nitrogen and oxygen atoms in total. The molecule has 2 aliphatic rings. The van der Waals surface area contributed by atoms with Gasteiger partial charge in [-0.25, -0.2) is 16.8 Å². The standard InChI is InChI=1S/C17H25N3O6S2/c18-17(21)13-14-5-7-19(8-6-14)27(22,23)15-1-3-16(4-2-15)28(24,25)20-9-11-26-12-10-20/h1-4,14H,5-13H2,(H2,18,21). The van der Waals surface area contributed by atoms with Crippen molar-refractivity contribution in [3.8, 4) is 0 Å². The largest absolute Gasteiger partial charge is 0.379 e. The number of hydrogen-bond acceptors (Lipinski definition) is 6. The highest BCUT2D eigenvalue weighted by atomic mass is 32.2. The van der Waals surface area contributed by atoms with Gasteiger partial charge < -0.3 is 10.5 Å². The minimum absolute atomic E-state index is 0.0572. The van der Waals surface area contributed by atoms with Crippen LogP contribution in [0.25, 0.3) is 0 Å². The second-order valence-electron chi connectivity index (χ2n) is 7.01. The van der Waals surface area contributed by atoms with Crippen LogP contribution in [0, 0.1) is 5.92 Å². The molecule has 2 saturated heterocycles. The Kier molecular flexibility index (Phi) is 6.40. The van der Waals surface area contributed by atoms with Gasteiger partial charge in [0.25, 0.3) is 0 Å². The van der Waals surface area contributed by atoms with Crippen molar-refractivity contribution in [1.29, 1.82) is 0 Å². The smallest absolute Gasteiger partial charge is 0.243 e. The first kappa shape index (κ1) is 21.2. The van der Waals surface area contributed by atoms with Crippen LogP contribution in [0.3, 0.4) is 0 Å². The number of rotatable bonds is 6. The second kappa shape index (κ2) is 8.46. The molecule has 1 aromatic rings. The summed E-state index contributed by atoms with van der Waals surface area (Å²) in [4.78, 5) is 11.1. The monoisotopic (exact) mass is 431 g/mol. The molecule has 0 aliphatic carbocycles. The maximum Gasteiger partial charge on any atom is 0.243 e. The first-order valence-electron chi connectivity index (χ1n) is 9.17. The number of benzene rings is 1. The van der Waals surface area contributed by atoms with E-state index in [4.69, 9.17) is 10.5 Å². The van der Waals surface area contributed by atoms with Crippen molar-refractivity contribution in [1.82, 2.24) is 8.61 Å². The van der Waals surface area contributed by atoms with E-state index in [9.17, 15) is 21.6 Å². The molecule has 0 atom stereocenters. The summed E-state index contributed by atoms with van der Waals surface area (Å²) >= 11 is 0. The maximum atomic E-state index is 12.8. The quantitative estimate of drug-likeness (QED) is 0.675. The number of sulfonamides is 2. The number of hydrogen-bond donors (Lipinski definition) is 1. The van der Waals surface area contributed by atoms with Gasteiger partial charge in [0, 0.05) is 32.6 Å². The molecule has 28 heavy (non-hydrogen) atoms. The highest BCUT2D eigenvalue weighted by Gasteiger charge is 2.31. The molecule has 0 bridgehead atoms. The number of morpholine rings is 1. The van der Waals surface area contributed by atoms with E-state index in [1.807, 2.05) is 0 Å². The van der Waals surface area contributed by atoms with Crippen LogP contribution in [0.4, 0.5) is 0 Å². The lowest BCUT2D eigenvalue weighted by molar-refractivity contribution is -0.119. The molecule has 2 N–H and O–H groups in total.